The SMILES string of the molecule is Cc1cccc(NC(=O)c2c(-c3ccco3)n(Cc3cccnc3)c(C)cc2=O)c1C. The fourth-order valence-electron chi connectivity index (χ4n) is 3.61. The summed E-state index contributed by atoms with van der Waals surface area (Å²) >= 11 is 0. The molecule has 1 aromatic carbocycles. The van der Waals surface area contributed by atoms with Crippen LogP contribution < -0.4 is 10.7 Å². The number of carbonyl (C=O) groups is 1. The Morgan fingerprint density at radius 3 is 2.65 bits per heavy atom. The predicted molar refractivity (Wildman–Crippen MR) is 120 cm³/mol. The van der Waals surface area contributed by atoms with E-state index in [4.69, 9.17) is 4.42 Å². The first kappa shape index (κ1) is 20.3. The molecule has 0 fully saturated rings. The molecular formula is C25H23N3O3. The molecule has 0 bridgehead atoms. The van der Waals surface area contributed by atoms with Gasteiger partial charge in [0.2, 0.25) is 0 Å². The number of hydrogen-bond acceptors (Lipinski definition) is 4. The largest absolute Gasteiger partial charge is 0.463 e. The zero-order chi connectivity index (χ0) is 22.0. The number of carbonyl (C=O) groups excluding carboxylic acids is 1. The average Bonchev–Trinajstić information content (AvgIpc) is 3.28. The Labute approximate surface area is 180 Å². The Morgan fingerprint density at radius 1 is 1.10 bits per heavy atom. The van der Waals surface area contributed by atoms with Crippen LogP contribution in [0.4, 0.5) is 5.69 Å². The number of anilines is 1. The van der Waals surface area contributed by atoms with Crippen LogP contribution in [0.15, 0.2) is 76.4 Å². The third-order valence-electron chi connectivity index (χ3n) is 5.42. The molecule has 0 aliphatic heterocycles. The lowest BCUT2D eigenvalue weighted by Gasteiger charge is -2.19. The Morgan fingerprint density at radius 2 is 1.94 bits per heavy atom. The van der Waals surface area contributed by atoms with Crippen molar-refractivity contribution in [2.45, 2.75) is 27.3 Å². The summed E-state index contributed by atoms with van der Waals surface area (Å²) in [6, 6.07) is 14.5. The molecular weight excluding hydrogens is 390 g/mol. The van der Waals surface area contributed by atoms with Gasteiger partial charge in [-0.2, -0.15) is 0 Å². The first-order valence-electron chi connectivity index (χ1n) is 10.0. The molecule has 0 aliphatic carbocycles. The van der Waals surface area contributed by atoms with Crippen molar-refractivity contribution in [3.05, 3.63) is 105 Å². The summed E-state index contributed by atoms with van der Waals surface area (Å²) in [5.74, 6) is -0.0131. The summed E-state index contributed by atoms with van der Waals surface area (Å²) in [7, 11) is 0. The predicted octanol–water partition coefficient (Wildman–Crippen LogP) is 4.73. The Hall–Kier alpha value is -3.93. The quantitative estimate of drug-likeness (QED) is 0.513. The molecule has 4 aromatic rings. The summed E-state index contributed by atoms with van der Waals surface area (Å²) in [4.78, 5) is 30.5. The van der Waals surface area contributed by atoms with Gasteiger partial charge in [0.1, 0.15) is 11.3 Å². The van der Waals surface area contributed by atoms with E-state index >= 15 is 0 Å². The molecule has 0 radical (unpaired) electrons. The first-order chi connectivity index (χ1) is 15.0. The lowest BCUT2D eigenvalue weighted by molar-refractivity contribution is 0.102. The van der Waals surface area contributed by atoms with Crippen LogP contribution in [0.5, 0.6) is 0 Å². The number of furan rings is 1. The van der Waals surface area contributed by atoms with Crippen LogP contribution in [-0.4, -0.2) is 15.5 Å². The molecule has 3 aromatic heterocycles. The highest BCUT2D eigenvalue weighted by Gasteiger charge is 2.24. The number of nitrogens with zero attached hydrogens (tertiary/aromatic N) is 2. The van der Waals surface area contributed by atoms with Gasteiger partial charge in [-0.1, -0.05) is 18.2 Å². The molecule has 1 amide bonds. The molecule has 6 heteroatoms. The van der Waals surface area contributed by atoms with Gasteiger partial charge >= 0.3 is 0 Å². The highest BCUT2D eigenvalue weighted by atomic mass is 16.3. The van der Waals surface area contributed by atoms with Crippen LogP contribution in [-0.2, 0) is 6.54 Å². The molecule has 0 atom stereocenters. The molecule has 0 saturated carbocycles. The summed E-state index contributed by atoms with van der Waals surface area (Å²) in [6.45, 7) is 6.20. The molecule has 0 aliphatic rings. The van der Waals surface area contributed by atoms with Crippen LogP contribution in [0.1, 0.15) is 32.7 Å². The highest BCUT2D eigenvalue weighted by Crippen LogP contribution is 2.26. The van der Waals surface area contributed by atoms with Gasteiger partial charge < -0.3 is 14.3 Å². The van der Waals surface area contributed by atoms with E-state index in [0.717, 1.165) is 22.4 Å². The van der Waals surface area contributed by atoms with Crippen LogP contribution in [0, 0.1) is 20.8 Å². The van der Waals surface area contributed by atoms with Crippen LogP contribution in [0.2, 0.25) is 0 Å². The summed E-state index contributed by atoms with van der Waals surface area (Å²) in [5.41, 5.74) is 4.50. The van der Waals surface area contributed by atoms with E-state index in [1.54, 1.807) is 24.5 Å². The number of rotatable bonds is 5. The maximum Gasteiger partial charge on any atom is 0.261 e. The lowest BCUT2D eigenvalue weighted by atomic mass is 10.1. The molecule has 0 saturated heterocycles. The second-order valence-corrected chi connectivity index (χ2v) is 7.50. The lowest BCUT2D eigenvalue weighted by Crippen LogP contribution is -2.27. The second kappa shape index (κ2) is 8.44. The first-order valence-corrected chi connectivity index (χ1v) is 10.0. The minimum atomic E-state index is -0.468. The molecule has 0 spiro atoms. The van der Waals surface area contributed by atoms with Crippen molar-refractivity contribution in [1.82, 2.24) is 9.55 Å². The maximum absolute atomic E-state index is 13.4. The van der Waals surface area contributed by atoms with Gasteiger partial charge in [-0.15, -0.1) is 0 Å². The normalized spacial score (nSPS) is 10.8. The van der Waals surface area contributed by atoms with Crippen molar-refractivity contribution in [1.29, 1.82) is 0 Å². The number of hydrogen-bond donors (Lipinski definition) is 1. The van der Waals surface area contributed by atoms with Gasteiger partial charge in [-0.3, -0.25) is 14.6 Å². The van der Waals surface area contributed by atoms with E-state index in [1.165, 1.54) is 12.3 Å². The Bertz CT molecular complexity index is 1290. The van der Waals surface area contributed by atoms with Gasteiger partial charge in [-0.05, 0) is 61.7 Å². The fraction of sp³-hybridized carbons (Fsp3) is 0.160. The van der Waals surface area contributed by atoms with E-state index in [-0.39, 0.29) is 11.0 Å². The third kappa shape index (κ3) is 4.05. The van der Waals surface area contributed by atoms with E-state index < -0.39 is 5.91 Å². The van der Waals surface area contributed by atoms with Crippen LogP contribution in [0.25, 0.3) is 11.5 Å². The van der Waals surface area contributed by atoms with Gasteiger partial charge in [0.15, 0.2) is 11.2 Å². The number of nitrogens with one attached hydrogen (secondary N) is 1. The molecule has 4 rings (SSSR count). The monoisotopic (exact) mass is 413 g/mol. The number of aromatic nitrogens is 2. The molecule has 3 heterocycles. The van der Waals surface area contributed by atoms with Crippen molar-refractivity contribution in [2.75, 3.05) is 5.32 Å². The molecule has 6 nitrogen and oxygen atoms in total. The molecule has 156 valence electrons. The Balaban J connectivity index is 1.87. The number of amides is 1. The van der Waals surface area contributed by atoms with Crippen molar-refractivity contribution < 1.29 is 9.21 Å². The van der Waals surface area contributed by atoms with E-state index in [0.29, 0.717) is 23.7 Å². The number of aryl methyl sites for hydroxylation is 2. The van der Waals surface area contributed by atoms with E-state index in [2.05, 4.69) is 10.3 Å². The van der Waals surface area contributed by atoms with Crippen molar-refractivity contribution in [3.8, 4) is 11.5 Å². The highest BCUT2D eigenvalue weighted by molar-refractivity contribution is 6.08. The fourth-order valence-corrected chi connectivity index (χ4v) is 3.61. The van der Waals surface area contributed by atoms with E-state index in [1.807, 2.05) is 55.7 Å². The van der Waals surface area contributed by atoms with Crippen LogP contribution in [0.3, 0.4) is 0 Å². The van der Waals surface area contributed by atoms with Gasteiger partial charge in [0, 0.05) is 36.4 Å². The third-order valence-corrected chi connectivity index (χ3v) is 5.42. The maximum atomic E-state index is 13.4. The zero-order valence-corrected chi connectivity index (χ0v) is 17.7. The number of benzene rings is 1. The van der Waals surface area contributed by atoms with Crippen molar-refractivity contribution in [2.24, 2.45) is 0 Å². The van der Waals surface area contributed by atoms with Crippen LogP contribution >= 0.6 is 0 Å². The molecule has 1 N–H and O–H groups in total. The topological polar surface area (TPSA) is 77.1 Å². The average molecular weight is 413 g/mol. The van der Waals surface area contributed by atoms with Gasteiger partial charge in [0.05, 0.1) is 6.26 Å². The second-order valence-electron chi connectivity index (χ2n) is 7.50. The minimum Gasteiger partial charge on any atom is -0.463 e. The number of pyridine rings is 2. The molecule has 31 heavy (non-hydrogen) atoms. The smallest absolute Gasteiger partial charge is 0.261 e. The summed E-state index contributed by atoms with van der Waals surface area (Å²) in [5, 5.41) is 2.91. The van der Waals surface area contributed by atoms with Gasteiger partial charge in [0.25, 0.3) is 5.91 Å². The zero-order valence-electron chi connectivity index (χ0n) is 17.7. The minimum absolute atomic E-state index is 0.0466. The molecule has 0 unspecified atom stereocenters. The summed E-state index contributed by atoms with van der Waals surface area (Å²) in [6.07, 6.45) is 5.00. The Kier molecular flexibility index (Phi) is 5.54. The van der Waals surface area contributed by atoms with Crippen molar-refractivity contribution >= 4 is 11.6 Å². The van der Waals surface area contributed by atoms with Crippen molar-refractivity contribution in [3.63, 3.8) is 0 Å². The van der Waals surface area contributed by atoms with Gasteiger partial charge in [-0.25, -0.2) is 0 Å². The summed E-state index contributed by atoms with van der Waals surface area (Å²) < 4.78 is 7.55. The van der Waals surface area contributed by atoms with E-state index in [9.17, 15) is 9.59 Å². The standard InChI is InChI=1S/C25H23N3O3/c1-16-7-4-9-20(18(16)3)27-25(30)23-21(29)13-17(2)28(15-19-8-5-11-26-14-19)24(23)22-10-6-12-31-22/h4-14H,15H2,1-3H3,(H,27,30).